The van der Waals surface area contributed by atoms with Crippen LogP contribution in [0.4, 0.5) is 5.82 Å². The summed E-state index contributed by atoms with van der Waals surface area (Å²) in [6, 6.07) is 4.98. The van der Waals surface area contributed by atoms with Crippen LogP contribution >= 0.6 is 0 Å². The van der Waals surface area contributed by atoms with Crippen LogP contribution in [-0.2, 0) is 0 Å². The van der Waals surface area contributed by atoms with E-state index in [0.29, 0.717) is 17.8 Å². The van der Waals surface area contributed by atoms with Gasteiger partial charge in [-0.15, -0.1) is 0 Å². The van der Waals surface area contributed by atoms with Crippen LogP contribution in [-0.4, -0.2) is 59.0 Å². The number of piperazine rings is 1. The Hall–Kier alpha value is -2.08. The molecule has 0 spiro atoms. The normalized spacial score (nSPS) is 19.6. The van der Waals surface area contributed by atoms with Gasteiger partial charge in [0.05, 0.1) is 11.7 Å². The van der Waals surface area contributed by atoms with Crippen LogP contribution in [0.2, 0.25) is 0 Å². The first-order valence-electron chi connectivity index (χ1n) is 9.89. The van der Waals surface area contributed by atoms with E-state index in [9.17, 15) is 4.79 Å². The second-order valence-corrected chi connectivity index (χ2v) is 7.88. The van der Waals surface area contributed by atoms with Crippen molar-refractivity contribution in [1.82, 2.24) is 20.2 Å². The van der Waals surface area contributed by atoms with Crippen molar-refractivity contribution in [2.45, 2.75) is 51.6 Å². The summed E-state index contributed by atoms with van der Waals surface area (Å²) in [5.41, 5.74) is 1.56. The maximum absolute atomic E-state index is 12.5. The highest BCUT2D eigenvalue weighted by molar-refractivity contribution is 5.98. The summed E-state index contributed by atoms with van der Waals surface area (Å²) in [4.78, 5) is 25.2. The fourth-order valence-electron chi connectivity index (χ4n) is 4.12. The average molecular weight is 355 g/mol. The maximum Gasteiger partial charge on any atom is 0.267 e. The minimum absolute atomic E-state index is 0.000183. The number of nitrogens with one attached hydrogen (secondary N) is 2. The summed E-state index contributed by atoms with van der Waals surface area (Å²) in [5, 5.41) is 4.20. The predicted molar refractivity (Wildman–Crippen MR) is 105 cm³/mol. The Morgan fingerprint density at radius 2 is 1.92 bits per heavy atom. The molecule has 0 radical (unpaired) electrons. The van der Waals surface area contributed by atoms with Gasteiger partial charge in [0, 0.05) is 43.6 Å². The van der Waals surface area contributed by atoms with E-state index in [0.717, 1.165) is 55.7 Å². The van der Waals surface area contributed by atoms with Gasteiger partial charge in [-0.3, -0.25) is 9.69 Å². The summed E-state index contributed by atoms with van der Waals surface area (Å²) >= 11 is 0. The van der Waals surface area contributed by atoms with Crippen molar-refractivity contribution in [3.05, 3.63) is 24.0 Å². The van der Waals surface area contributed by atoms with Gasteiger partial charge in [0.1, 0.15) is 11.5 Å². The van der Waals surface area contributed by atoms with Crippen LogP contribution in [0, 0.1) is 0 Å². The molecule has 1 aliphatic carbocycles. The monoisotopic (exact) mass is 355 g/mol. The zero-order valence-electron chi connectivity index (χ0n) is 15.8. The van der Waals surface area contributed by atoms with Gasteiger partial charge in [-0.25, -0.2) is 4.98 Å². The molecule has 1 saturated carbocycles. The number of pyridine rings is 1. The summed E-state index contributed by atoms with van der Waals surface area (Å²) in [5.74, 6) is 1.00. The van der Waals surface area contributed by atoms with Gasteiger partial charge in [-0.1, -0.05) is 12.8 Å². The molecule has 1 amide bonds. The number of amides is 1. The topological polar surface area (TPSA) is 64.3 Å². The Bertz CT molecular complexity index is 770. The van der Waals surface area contributed by atoms with E-state index in [4.69, 9.17) is 0 Å². The second kappa shape index (κ2) is 7.27. The molecule has 6 heteroatoms. The lowest BCUT2D eigenvalue weighted by Crippen LogP contribution is -2.49. The van der Waals surface area contributed by atoms with E-state index < -0.39 is 0 Å². The molecule has 0 bridgehead atoms. The molecule has 2 aromatic heterocycles. The number of carbonyl (C=O) groups excluding carboxylic acids is 1. The van der Waals surface area contributed by atoms with Crippen molar-refractivity contribution in [3.8, 4) is 0 Å². The third-order valence-corrected chi connectivity index (χ3v) is 5.79. The average Bonchev–Trinajstić information content (AvgIpc) is 3.30. The highest BCUT2D eigenvalue weighted by Crippen LogP contribution is 2.23. The molecular formula is C20H29N5O. The van der Waals surface area contributed by atoms with Gasteiger partial charge >= 0.3 is 0 Å². The van der Waals surface area contributed by atoms with Crippen LogP contribution in [0.5, 0.6) is 0 Å². The van der Waals surface area contributed by atoms with Crippen LogP contribution < -0.4 is 10.2 Å². The van der Waals surface area contributed by atoms with Crippen molar-refractivity contribution < 1.29 is 4.79 Å². The first-order valence-corrected chi connectivity index (χ1v) is 9.89. The van der Waals surface area contributed by atoms with Gasteiger partial charge in [0.15, 0.2) is 0 Å². The van der Waals surface area contributed by atoms with E-state index in [1.54, 1.807) is 0 Å². The number of hydrogen-bond donors (Lipinski definition) is 2. The number of carbonyl (C=O) groups is 1. The molecule has 2 fully saturated rings. The molecule has 2 aliphatic rings. The largest absolute Gasteiger partial charge is 0.354 e. The van der Waals surface area contributed by atoms with Crippen LogP contribution in [0.15, 0.2) is 18.3 Å². The molecule has 140 valence electrons. The van der Waals surface area contributed by atoms with Gasteiger partial charge in [0.2, 0.25) is 0 Å². The van der Waals surface area contributed by atoms with E-state index in [2.05, 4.69) is 45.0 Å². The number of aromatic nitrogens is 2. The molecule has 0 unspecified atom stereocenters. The Balaban J connectivity index is 1.46. The summed E-state index contributed by atoms with van der Waals surface area (Å²) < 4.78 is 0. The molecule has 4 rings (SSSR count). The molecule has 3 heterocycles. The first-order chi connectivity index (χ1) is 12.6. The Morgan fingerprint density at radius 1 is 1.19 bits per heavy atom. The van der Waals surface area contributed by atoms with Gasteiger partial charge in [-0.2, -0.15) is 0 Å². The Kier molecular flexibility index (Phi) is 4.85. The summed E-state index contributed by atoms with van der Waals surface area (Å²) in [6.45, 7) is 8.63. The third-order valence-electron chi connectivity index (χ3n) is 5.79. The fraction of sp³-hybridized carbons (Fsp3) is 0.600. The van der Waals surface area contributed by atoms with Crippen molar-refractivity contribution >= 4 is 22.6 Å². The van der Waals surface area contributed by atoms with Crippen LogP contribution in [0.1, 0.15) is 50.0 Å². The molecule has 2 N–H and O–H groups in total. The number of hydrogen-bond acceptors (Lipinski definition) is 4. The standard InChI is InChI=1S/C20H29N5O/c1-14(2)24-7-9-25(10-8-24)19-12-15-11-17(23-18(15)13-21-19)20(26)22-16-5-3-4-6-16/h11-14,16,23H,3-10H2,1-2H3,(H,22,26). The number of fused-ring (bicyclic) bond motifs is 1. The van der Waals surface area contributed by atoms with Gasteiger partial charge in [-0.05, 0) is 38.8 Å². The molecule has 0 atom stereocenters. The fourth-order valence-corrected chi connectivity index (χ4v) is 4.12. The quantitative estimate of drug-likeness (QED) is 0.885. The number of H-pyrrole nitrogens is 1. The van der Waals surface area contributed by atoms with Crippen LogP contribution in [0.3, 0.4) is 0 Å². The predicted octanol–water partition coefficient (Wildman–Crippen LogP) is 2.77. The number of nitrogens with zero attached hydrogens (tertiary/aromatic N) is 3. The summed E-state index contributed by atoms with van der Waals surface area (Å²) in [6.07, 6.45) is 6.48. The lowest BCUT2D eigenvalue weighted by atomic mass is 10.2. The molecule has 6 nitrogen and oxygen atoms in total. The zero-order valence-corrected chi connectivity index (χ0v) is 15.8. The highest BCUT2D eigenvalue weighted by Gasteiger charge is 2.21. The smallest absolute Gasteiger partial charge is 0.267 e. The van der Waals surface area contributed by atoms with E-state index in [-0.39, 0.29) is 5.91 Å². The molecule has 1 saturated heterocycles. The minimum Gasteiger partial charge on any atom is -0.354 e. The number of anilines is 1. The minimum atomic E-state index is 0.000183. The molecule has 0 aromatic carbocycles. The summed E-state index contributed by atoms with van der Waals surface area (Å²) in [7, 11) is 0. The molecule has 1 aliphatic heterocycles. The van der Waals surface area contributed by atoms with Gasteiger partial charge < -0.3 is 15.2 Å². The molecular weight excluding hydrogens is 326 g/mol. The number of aromatic amines is 1. The van der Waals surface area contributed by atoms with E-state index >= 15 is 0 Å². The van der Waals surface area contributed by atoms with Crippen molar-refractivity contribution in [2.24, 2.45) is 0 Å². The number of rotatable bonds is 4. The van der Waals surface area contributed by atoms with Gasteiger partial charge in [0.25, 0.3) is 5.91 Å². The van der Waals surface area contributed by atoms with Crippen LogP contribution in [0.25, 0.3) is 10.9 Å². The Morgan fingerprint density at radius 3 is 2.62 bits per heavy atom. The van der Waals surface area contributed by atoms with Crippen molar-refractivity contribution in [2.75, 3.05) is 31.1 Å². The lowest BCUT2D eigenvalue weighted by Gasteiger charge is -2.37. The maximum atomic E-state index is 12.5. The second-order valence-electron chi connectivity index (χ2n) is 7.88. The third kappa shape index (κ3) is 3.56. The lowest BCUT2D eigenvalue weighted by molar-refractivity contribution is 0.0933. The molecule has 2 aromatic rings. The SMILES string of the molecule is CC(C)N1CCN(c2cc3cc(C(=O)NC4CCCC4)[nH]c3cn2)CC1. The van der Waals surface area contributed by atoms with E-state index in [1.165, 1.54) is 12.8 Å². The zero-order chi connectivity index (χ0) is 18.1. The first kappa shape index (κ1) is 17.3. The Labute approximate surface area is 155 Å². The van der Waals surface area contributed by atoms with Crippen molar-refractivity contribution in [1.29, 1.82) is 0 Å². The molecule has 26 heavy (non-hydrogen) atoms. The highest BCUT2D eigenvalue weighted by atomic mass is 16.1. The van der Waals surface area contributed by atoms with Crippen molar-refractivity contribution in [3.63, 3.8) is 0 Å². The van der Waals surface area contributed by atoms with E-state index in [1.807, 2.05) is 12.3 Å².